The van der Waals surface area contributed by atoms with E-state index in [9.17, 15) is 9.59 Å². The zero-order valence-electron chi connectivity index (χ0n) is 13.0. The summed E-state index contributed by atoms with van der Waals surface area (Å²) in [5, 5.41) is 5.45. The summed E-state index contributed by atoms with van der Waals surface area (Å²) in [7, 11) is 0. The highest BCUT2D eigenvalue weighted by Crippen LogP contribution is 2.33. The third kappa shape index (κ3) is 4.55. The third-order valence-corrected chi connectivity index (χ3v) is 5.82. The van der Waals surface area contributed by atoms with Crippen molar-refractivity contribution in [3.05, 3.63) is 54.6 Å². The minimum Gasteiger partial charge on any atom is -0.354 e. The SMILES string of the molecule is O=C(C[C@H]1SCCNC1=O)Nc1ccccc1Sc1ccccc1. The predicted octanol–water partition coefficient (Wildman–Crippen LogP) is 3.40. The zero-order chi connectivity index (χ0) is 16.8. The normalized spacial score (nSPS) is 17.2. The molecule has 1 saturated heterocycles. The smallest absolute Gasteiger partial charge is 0.233 e. The maximum Gasteiger partial charge on any atom is 0.233 e. The Morgan fingerprint density at radius 3 is 2.71 bits per heavy atom. The molecule has 4 nitrogen and oxygen atoms in total. The van der Waals surface area contributed by atoms with Crippen LogP contribution in [0.4, 0.5) is 5.69 Å². The Morgan fingerprint density at radius 2 is 1.92 bits per heavy atom. The van der Waals surface area contributed by atoms with Gasteiger partial charge in [0, 0.05) is 28.5 Å². The summed E-state index contributed by atoms with van der Waals surface area (Å²) < 4.78 is 0. The Morgan fingerprint density at radius 1 is 1.17 bits per heavy atom. The second-order valence-electron chi connectivity index (χ2n) is 5.31. The first-order valence-corrected chi connectivity index (χ1v) is 9.60. The minimum atomic E-state index is -0.298. The molecular weight excluding hydrogens is 340 g/mol. The lowest BCUT2D eigenvalue weighted by molar-refractivity contribution is -0.123. The highest BCUT2D eigenvalue weighted by Gasteiger charge is 2.25. The average Bonchev–Trinajstić information content (AvgIpc) is 2.60. The number of carbonyl (C=O) groups excluding carboxylic acids is 2. The van der Waals surface area contributed by atoms with E-state index >= 15 is 0 Å². The number of carbonyl (C=O) groups is 2. The van der Waals surface area contributed by atoms with Crippen molar-refractivity contribution in [1.29, 1.82) is 0 Å². The monoisotopic (exact) mass is 358 g/mol. The molecule has 0 spiro atoms. The summed E-state index contributed by atoms with van der Waals surface area (Å²) in [6.07, 6.45) is 0.195. The van der Waals surface area contributed by atoms with Crippen LogP contribution in [0.15, 0.2) is 64.4 Å². The van der Waals surface area contributed by atoms with Crippen LogP contribution in [0, 0.1) is 0 Å². The lowest BCUT2D eigenvalue weighted by Gasteiger charge is -2.21. The number of rotatable bonds is 5. The molecule has 2 aromatic rings. The number of hydrogen-bond donors (Lipinski definition) is 2. The van der Waals surface area contributed by atoms with Gasteiger partial charge in [0.15, 0.2) is 0 Å². The maximum atomic E-state index is 12.3. The van der Waals surface area contributed by atoms with Gasteiger partial charge < -0.3 is 10.6 Å². The van der Waals surface area contributed by atoms with Crippen molar-refractivity contribution in [3.63, 3.8) is 0 Å². The highest BCUT2D eigenvalue weighted by molar-refractivity contribution is 8.00. The quantitative estimate of drug-likeness (QED) is 0.860. The van der Waals surface area contributed by atoms with Crippen molar-refractivity contribution in [1.82, 2.24) is 5.32 Å². The Bertz CT molecular complexity index is 722. The number of thioether (sulfide) groups is 1. The van der Waals surface area contributed by atoms with Gasteiger partial charge in [-0.1, -0.05) is 42.1 Å². The molecule has 1 aliphatic heterocycles. The maximum absolute atomic E-state index is 12.3. The highest BCUT2D eigenvalue weighted by atomic mass is 32.2. The van der Waals surface area contributed by atoms with Gasteiger partial charge in [0.05, 0.1) is 10.9 Å². The van der Waals surface area contributed by atoms with Gasteiger partial charge in [-0.15, -0.1) is 11.8 Å². The molecule has 0 radical (unpaired) electrons. The Kier molecular flexibility index (Phi) is 5.82. The molecule has 124 valence electrons. The van der Waals surface area contributed by atoms with Gasteiger partial charge in [-0.2, -0.15) is 0 Å². The first-order valence-electron chi connectivity index (χ1n) is 7.73. The molecule has 1 heterocycles. The first-order chi connectivity index (χ1) is 11.7. The second kappa shape index (κ2) is 8.26. The fourth-order valence-corrected chi connectivity index (χ4v) is 4.29. The third-order valence-electron chi connectivity index (χ3n) is 3.52. The molecule has 2 amide bonds. The van der Waals surface area contributed by atoms with Gasteiger partial charge in [-0.05, 0) is 24.3 Å². The van der Waals surface area contributed by atoms with E-state index in [0.29, 0.717) is 6.54 Å². The number of para-hydroxylation sites is 1. The van der Waals surface area contributed by atoms with Crippen LogP contribution in [0.2, 0.25) is 0 Å². The largest absolute Gasteiger partial charge is 0.354 e. The standard InChI is InChI=1S/C18H18N2O2S2/c21-17(12-16-18(22)19-10-11-23-16)20-14-8-4-5-9-15(14)24-13-6-2-1-3-7-13/h1-9,16H,10-12H2,(H,19,22)(H,20,21)/t16-/m1/s1. The topological polar surface area (TPSA) is 58.2 Å². The fourth-order valence-electron chi connectivity index (χ4n) is 2.36. The van der Waals surface area contributed by atoms with Crippen molar-refractivity contribution in [3.8, 4) is 0 Å². The molecule has 6 heteroatoms. The number of nitrogens with one attached hydrogen (secondary N) is 2. The van der Waals surface area contributed by atoms with E-state index < -0.39 is 0 Å². The van der Waals surface area contributed by atoms with E-state index in [4.69, 9.17) is 0 Å². The Labute approximate surface area is 149 Å². The zero-order valence-corrected chi connectivity index (χ0v) is 14.7. The van der Waals surface area contributed by atoms with Gasteiger partial charge in [-0.25, -0.2) is 0 Å². The van der Waals surface area contributed by atoms with Gasteiger partial charge in [0.2, 0.25) is 11.8 Å². The van der Waals surface area contributed by atoms with Crippen molar-refractivity contribution < 1.29 is 9.59 Å². The van der Waals surface area contributed by atoms with Crippen LogP contribution in [0.3, 0.4) is 0 Å². The van der Waals surface area contributed by atoms with E-state index in [1.807, 2.05) is 54.6 Å². The molecule has 3 rings (SSSR count). The van der Waals surface area contributed by atoms with Crippen LogP contribution < -0.4 is 10.6 Å². The summed E-state index contributed by atoms with van der Waals surface area (Å²) in [4.78, 5) is 26.2. The fraction of sp³-hybridized carbons (Fsp3) is 0.222. The number of anilines is 1. The van der Waals surface area contributed by atoms with E-state index in [1.165, 1.54) is 11.8 Å². The van der Waals surface area contributed by atoms with Gasteiger partial charge >= 0.3 is 0 Å². The van der Waals surface area contributed by atoms with Gasteiger partial charge in [0.25, 0.3) is 0 Å². The molecular formula is C18H18N2O2S2. The molecule has 24 heavy (non-hydrogen) atoms. The summed E-state index contributed by atoms with van der Waals surface area (Å²) >= 11 is 3.14. The molecule has 0 unspecified atom stereocenters. The van der Waals surface area contributed by atoms with E-state index in [1.54, 1.807) is 11.8 Å². The molecule has 0 aromatic heterocycles. The Balaban J connectivity index is 1.66. The second-order valence-corrected chi connectivity index (χ2v) is 7.74. The van der Waals surface area contributed by atoms with Crippen molar-refractivity contribution >= 4 is 41.0 Å². The molecule has 0 saturated carbocycles. The van der Waals surface area contributed by atoms with Crippen LogP contribution in [0.1, 0.15) is 6.42 Å². The predicted molar refractivity (Wildman–Crippen MR) is 99.5 cm³/mol. The average molecular weight is 358 g/mol. The summed E-state index contributed by atoms with van der Waals surface area (Å²) in [5.74, 6) is 0.670. The lowest BCUT2D eigenvalue weighted by Crippen LogP contribution is -2.40. The summed E-state index contributed by atoms with van der Waals surface area (Å²) in [6.45, 7) is 0.679. The van der Waals surface area contributed by atoms with Gasteiger partial charge in [-0.3, -0.25) is 9.59 Å². The van der Waals surface area contributed by atoms with Crippen molar-refractivity contribution in [2.45, 2.75) is 21.5 Å². The van der Waals surface area contributed by atoms with Crippen LogP contribution in [-0.4, -0.2) is 29.4 Å². The minimum absolute atomic E-state index is 0.0478. The van der Waals surface area contributed by atoms with Crippen LogP contribution >= 0.6 is 23.5 Å². The number of amides is 2. The molecule has 2 aromatic carbocycles. The first kappa shape index (κ1) is 16.9. The van der Waals surface area contributed by atoms with Crippen molar-refractivity contribution in [2.24, 2.45) is 0 Å². The van der Waals surface area contributed by atoms with Crippen LogP contribution in [-0.2, 0) is 9.59 Å². The molecule has 2 N–H and O–H groups in total. The molecule has 1 aliphatic rings. The number of benzene rings is 2. The van der Waals surface area contributed by atoms with E-state index in [0.717, 1.165) is 21.2 Å². The molecule has 1 fully saturated rings. The van der Waals surface area contributed by atoms with Crippen LogP contribution in [0.25, 0.3) is 0 Å². The molecule has 1 atom stereocenters. The molecule has 0 aliphatic carbocycles. The summed E-state index contributed by atoms with van der Waals surface area (Å²) in [5.41, 5.74) is 0.776. The van der Waals surface area contributed by atoms with E-state index in [-0.39, 0.29) is 23.5 Å². The lowest BCUT2D eigenvalue weighted by atomic mass is 10.2. The van der Waals surface area contributed by atoms with Crippen molar-refractivity contribution in [2.75, 3.05) is 17.6 Å². The number of hydrogen-bond acceptors (Lipinski definition) is 4. The Hall–Kier alpha value is -1.92. The van der Waals surface area contributed by atoms with Crippen LogP contribution in [0.5, 0.6) is 0 Å². The molecule has 0 bridgehead atoms. The summed E-state index contributed by atoms with van der Waals surface area (Å²) in [6, 6.07) is 17.7. The van der Waals surface area contributed by atoms with E-state index in [2.05, 4.69) is 10.6 Å². The van der Waals surface area contributed by atoms with Gasteiger partial charge in [0.1, 0.15) is 0 Å².